The van der Waals surface area contributed by atoms with Gasteiger partial charge >= 0.3 is 0 Å². The summed E-state index contributed by atoms with van der Waals surface area (Å²) in [6, 6.07) is 16.8. The van der Waals surface area contributed by atoms with Gasteiger partial charge in [-0.25, -0.2) is 0 Å². The topological polar surface area (TPSA) is 16.1 Å². The zero-order valence-electron chi connectivity index (χ0n) is 12.5. The molecule has 0 saturated heterocycles. The Morgan fingerprint density at radius 1 is 1.15 bits per heavy atom. The molecule has 1 atom stereocenters. The van der Waals surface area contributed by atoms with E-state index in [1.807, 2.05) is 24.4 Å². The van der Waals surface area contributed by atoms with E-state index in [1.54, 1.807) is 0 Å². The molecule has 20 heavy (non-hydrogen) atoms. The van der Waals surface area contributed by atoms with Crippen LogP contribution in [0, 0.1) is 0 Å². The first-order valence-electron chi connectivity index (χ1n) is 7.00. The van der Waals surface area contributed by atoms with Crippen molar-refractivity contribution in [2.75, 3.05) is 13.6 Å². The van der Waals surface area contributed by atoms with Crippen molar-refractivity contribution in [2.24, 2.45) is 0 Å². The Balaban J connectivity index is 2.01. The van der Waals surface area contributed by atoms with Gasteiger partial charge < -0.3 is 0 Å². The molecule has 0 bridgehead atoms. The van der Waals surface area contributed by atoms with Gasteiger partial charge in [-0.1, -0.05) is 48.0 Å². The molecule has 0 aliphatic carbocycles. The summed E-state index contributed by atoms with van der Waals surface area (Å²) in [4.78, 5) is 6.75. The van der Waals surface area contributed by atoms with Crippen LogP contribution in [-0.2, 0) is 0 Å². The quantitative estimate of drug-likeness (QED) is 0.807. The van der Waals surface area contributed by atoms with E-state index in [0.717, 1.165) is 12.2 Å². The van der Waals surface area contributed by atoms with E-state index in [4.69, 9.17) is 0 Å². The van der Waals surface area contributed by atoms with Crippen LogP contribution in [0.2, 0.25) is 0 Å². The molecule has 0 saturated carbocycles. The monoisotopic (exact) mass is 266 g/mol. The molecule has 0 amide bonds. The smallest absolute Gasteiger partial charge is 0.0572 e. The van der Waals surface area contributed by atoms with Crippen molar-refractivity contribution in [1.82, 2.24) is 9.88 Å². The zero-order valence-corrected chi connectivity index (χ0v) is 12.5. The molecule has 2 rings (SSSR count). The van der Waals surface area contributed by atoms with Gasteiger partial charge in [0.2, 0.25) is 0 Å². The Bertz CT molecular complexity index is 546. The van der Waals surface area contributed by atoms with Gasteiger partial charge in [0.05, 0.1) is 5.69 Å². The summed E-state index contributed by atoms with van der Waals surface area (Å²) in [6.07, 6.45) is 4.09. The summed E-state index contributed by atoms with van der Waals surface area (Å²) >= 11 is 0. The summed E-state index contributed by atoms with van der Waals surface area (Å²) in [5.41, 5.74) is 3.72. The van der Waals surface area contributed by atoms with Crippen LogP contribution in [0.15, 0.2) is 60.3 Å². The average molecular weight is 266 g/mol. The molecule has 2 aromatic rings. The number of rotatable bonds is 5. The molecule has 2 nitrogen and oxygen atoms in total. The van der Waals surface area contributed by atoms with Gasteiger partial charge in [-0.2, -0.15) is 0 Å². The standard InChI is InChI=1S/C18H22N2/c1-15(13-17-9-5-4-6-10-17)14-20(3)16(2)18-11-7-8-12-19-18/h4-13,16H,14H2,1-3H3/b15-13+/t16-/m1/s1. The summed E-state index contributed by atoms with van der Waals surface area (Å²) in [6.45, 7) is 5.30. The number of benzene rings is 1. The molecule has 0 spiro atoms. The van der Waals surface area contributed by atoms with E-state index in [9.17, 15) is 0 Å². The Hall–Kier alpha value is -1.93. The maximum absolute atomic E-state index is 4.43. The lowest BCUT2D eigenvalue weighted by Crippen LogP contribution is -2.24. The minimum absolute atomic E-state index is 0.315. The number of pyridine rings is 1. The van der Waals surface area contributed by atoms with Crippen molar-refractivity contribution < 1.29 is 0 Å². The number of hydrogen-bond donors (Lipinski definition) is 0. The Morgan fingerprint density at radius 2 is 1.85 bits per heavy atom. The lowest BCUT2D eigenvalue weighted by Gasteiger charge is -2.24. The van der Waals surface area contributed by atoms with Crippen LogP contribution in [0.1, 0.15) is 31.1 Å². The normalized spacial score (nSPS) is 13.5. The largest absolute Gasteiger partial charge is 0.294 e. The van der Waals surface area contributed by atoms with E-state index in [2.05, 4.69) is 67.2 Å². The SMILES string of the molecule is C/C(=C\c1ccccc1)CN(C)[C@H](C)c1ccccn1. The summed E-state index contributed by atoms with van der Waals surface area (Å²) in [7, 11) is 2.14. The molecule has 0 aliphatic heterocycles. The molecule has 0 aliphatic rings. The second-order valence-electron chi connectivity index (χ2n) is 5.25. The van der Waals surface area contributed by atoms with Crippen molar-refractivity contribution in [1.29, 1.82) is 0 Å². The highest BCUT2D eigenvalue weighted by Gasteiger charge is 2.12. The highest BCUT2D eigenvalue weighted by atomic mass is 15.1. The number of hydrogen-bond acceptors (Lipinski definition) is 2. The molecule has 1 aromatic carbocycles. The Kier molecular flexibility index (Phi) is 5.08. The second-order valence-corrected chi connectivity index (χ2v) is 5.25. The second kappa shape index (κ2) is 7.01. The average Bonchev–Trinajstić information content (AvgIpc) is 2.48. The molecule has 1 aromatic heterocycles. The predicted molar refractivity (Wildman–Crippen MR) is 85.4 cm³/mol. The van der Waals surface area contributed by atoms with Crippen LogP contribution in [0.5, 0.6) is 0 Å². The van der Waals surface area contributed by atoms with Crippen LogP contribution in [0.25, 0.3) is 6.08 Å². The third kappa shape index (κ3) is 4.04. The van der Waals surface area contributed by atoms with Gasteiger partial charge in [0.15, 0.2) is 0 Å². The fourth-order valence-corrected chi connectivity index (χ4v) is 2.26. The van der Waals surface area contributed by atoms with Crippen LogP contribution < -0.4 is 0 Å². The van der Waals surface area contributed by atoms with Gasteiger partial charge in [0, 0.05) is 18.8 Å². The predicted octanol–water partition coefficient (Wildman–Crippen LogP) is 4.18. The van der Waals surface area contributed by atoms with Crippen LogP contribution >= 0.6 is 0 Å². The fourth-order valence-electron chi connectivity index (χ4n) is 2.26. The van der Waals surface area contributed by atoms with Gasteiger partial charge in [0.1, 0.15) is 0 Å². The van der Waals surface area contributed by atoms with Crippen molar-refractivity contribution in [3.8, 4) is 0 Å². The summed E-state index contributed by atoms with van der Waals surface area (Å²) < 4.78 is 0. The molecule has 2 heteroatoms. The summed E-state index contributed by atoms with van der Waals surface area (Å²) in [5.74, 6) is 0. The minimum atomic E-state index is 0.315. The fraction of sp³-hybridized carbons (Fsp3) is 0.278. The number of nitrogens with zero attached hydrogens (tertiary/aromatic N) is 2. The van der Waals surface area contributed by atoms with Crippen molar-refractivity contribution in [3.05, 3.63) is 71.6 Å². The lowest BCUT2D eigenvalue weighted by molar-refractivity contribution is 0.279. The van der Waals surface area contributed by atoms with Gasteiger partial charge in [-0.05, 0) is 38.6 Å². The minimum Gasteiger partial charge on any atom is -0.294 e. The maximum atomic E-state index is 4.43. The van der Waals surface area contributed by atoms with E-state index in [0.29, 0.717) is 6.04 Å². The van der Waals surface area contributed by atoms with E-state index < -0.39 is 0 Å². The van der Waals surface area contributed by atoms with Crippen LogP contribution in [-0.4, -0.2) is 23.5 Å². The van der Waals surface area contributed by atoms with Crippen LogP contribution in [0.3, 0.4) is 0 Å². The first-order valence-corrected chi connectivity index (χ1v) is 7.00. The molecule has 1 heterocycles. The van der Waals surface area contributed by atoms with E-state index in [1.165, 1.54) is 11.1 Å². The van der Waals surface area contributed by atoms with Crippen molar-refractivity contribution in [2.45, 2.75) is 19.9 Å². The first-order chi connectivity index (χ1) is 9.66. The van der Waals surface area contributed by atoms with Crippen molar-refractivity contribution in [3.63, 3.8) is 0 Å². The molecule has 0 unspecified atom stereocenters. The van der Waals surface area contributed by atoms with Crippen molar-refractivity contribution >= 4 is 6.08 Å². The molecular formula is C18H22N2. The number of aromatic nitrogens is 1. The molecule has 0 fully saturated rings. The highest BCUT2D eigenvalue weighted by molar-refractivity contribution is 5.52. The third-order valence-corrected chi connectivity index (χ3v) is 3.49. The Labute approximate surface area is 121 Å². The lowest BCUT2D eigenvalue weighted by atomic mass is 10.1. The molecule has 104 valence electrons. The molecule has 0 radical (unpaired) electrons. The van der Waals surface area contributed by atoms with Crippen LogP contribution in [0.4, 0.5) is 0 Å². The van der Waals surface area contributed by atoms with Gasteiger partial charge in [-0.3, -0.25) is 9.88 Å². The first kappa shape index (κ1) is 14.5. The highest BCUT2D eigenvalue weighted by Crippen LogP contribution is 2.17. The summed E-state index contributed by atoms with van der Waals surface area (Å²) in [5, 5.41) is 0. The van der Waals surface area contributed by atoms with E-state index >= 15 is 0 Å². The van der Waals surface area contributed by atoms with Gasteiger partial charge in [0.25, 0.3) is 0 Å². The van der Waals surface area contributed by atoms with Gasteiger partial charge in [-0.15, -0.1) is 0 Å². The third-order valence-electron chi connectivity index (χ3n) is 3.49. The Morgan fingerprint density at radius 3 is 2.50 bits per heavy atom. The maximum Gasteiger partial charge on any atom is 0.0572 e. The zero-order chi connectivity index (χ0) is 14.4. The molecule has 0 N–H and O–H groups in total. The number of likely N-dealkylation sites (N-methyl/N-ethyl adjacent to an activating group) is 1. The van der Waals surface area contributed by atoms with E-state index in [-0.39, 0.29) is 0 Å². The molecular weight excluding hydrogens is 244 g/mol.